The summed E-state index contributed by atoms with van der Waals surface area (Å²) < 4.78 is 6.34. The Morgan fingerprint density at radius 1 is 1.22 bits per heavy atom. The van der Waals surface area contributed by atoms with Gasteiger partial charge in [-0.15, -0.1) is 0 Å². The molecule has 0 spiro atoms. The maximum Gasteiger partial charge on any atom is 0.251 e. The number of carbonyl (C=O) groups excluding carboxylic acids is 1. The van der Waals surface area contributed by atoms with Crippen molar-refractivity contribution in [2.75, 3.05) is 27.7 Å². The maximum atomic E-state index is 12.3. The zero-order valence-corrected chi connectivity index (χ0v) is 15.2. The third kappa shape index (κ3) is 4.56. The number of methoxy groups -OCH3 is 1. The molecule has 0 unspecified atom stereocenters. The monoisotopic (exact) mass is 377 g/mol. The van der Waals surface area contributed by atoms with Crippen LogP contribution >= 0.6 is 15.9 Å². The van der Waals surface area contributed by atoms with Crippen LogP contribution in [0.1, 0.15) is 22.0 Å². The van der Waals surface area contributed by atoms with E-state index in [0.717, 1.165) is 15.8 Å². The highest BCUT2D eigenvalue weighted by Crippen LogP contribution is 2.22. The van der Waals surface area contributed by atoms with Gasteiger partial charge in [0.05, 0.1) is 33.3 Å². The molecule has 4 nitrogen and oxygen atoms in total. The normalized spacial score (nSPS) is 12.0. The Labute approximate surface area is 145 Å². The third-order valence-electron chi connectivity index (χ3n) is 3.76. The highest BCUT2D eigenvalue weighted by atomic mass is 79.9. The first-order chi connectivity index (χ1) is 11.0. The Balaban J connectivity index is 2.13. The lowest BCUT2D eigenvalue weighted by molar-refractivity contribution is -0.890. The molecule has 0 aliphatic carbocycles. The van der Waals surface area contributed by atoms with E-state index in [9.17, 15) is 4.79 Å². The van der Waals surface area contributed by atoms with Crippen molar-refractivity contribution in [1.29, 1.82) is 0 Å². The zero-order valence-electron chi connectivity index (χ0n) is 13.6. The number of nitrogens with one attached hydrogen (secondary N) is 2. The molecular formula is C18H22BrN2O2+. The molecule has 1 atom stereocenters. The van der Waals surface area contributed by atoms with Gasteiger partial charge in [0.2, 0.25) is 0 Å². The molecule has 2 N–H and O–H groups in total. The van der Waals surface area contributed by atoms with Crippen molar-refractivity contribution in [2.45, 2.75) is 6.04 Å². The summed E-state index contributed by atoms with van der Waals surface area (Å²) in [6, 6.07) is 15.4. The fraction of sp³-hybridized carbons (Fsp3) is 0.278. The fourth-order valence-electron chi connectivity index (χ4n) is 2.51. The van der Waals surface area contributed by atoms with Crippen LogP contribution in [0.15, 0.2) is 53.0 Å². The molecule has 0 aromatic heterocycles. The summed E-state index contributed by atoms with van der Waals surface area (Å²) in [4.78, 5) is 13.6. The number of rotatable bonds is 6. The number of likely N-dealkylation sites (N-methyl/N-ethyl adjacent to an activating group) is 1. The molecule has 2 aromatic carbocycles. The second-order valence-corrected chi connectivity index (χ2v) is 6.51. The van der Waals surface area contributed by atoms with Crippen molar-refractivity contribution in [3.05, 3.63) is 64.1 Å². The second kappa shape index (κ2) is 8.13. The molecule has 0 radical (unpaired) electrons. The lowest BCUT2D eigenvalue weighted by Gasteiger charge is -2.23. The highest BCUT2D eigenvalue weighted by molar-refractivity contribution is 9.10. The standard InChI is InChI=1S/C18H21BrN2O2/c1-21(2)16(15-9-4-5-10-17(15)23-3)12-20-18(22)13-7-6-8-14(19)11-13/h4-11,16H,12H2,1-3H3,(H,20,22)/p+1/t16-/m0/s1. The van der Waals surface area contributed by atoms with E-state index in [1.807, 2.05) is 42.5 Å². The van der Waals surface area contributed by atoms with Crippen molar-refractivity contribution in [2.24, 2.45) is 0 Å². The molecule has 0 aliphatic rings. The summed E-state index contributed by atoms with van der Waals surface area (Å²) in [5.41, 5.74) is 1.73. The average molecular weight is 378 g/mol. The van der Waals surface area contributed by atoms with Crippen molar-refractivity contribution in [3.63, 3.8) is 0 Å². The van der Waals surface area contributed by atoms with Crippen LogP contribution in [-0.4, -0.2) is 33.7 Å². The van der Waals surface area contributed by atoms with Gasteiger partial charge in [-0.05, 0) is 30.3 Å². The number of quaternary nitrogens is 1. The van der Waals surface area contributed by atoms with Crippen molar-refractivity contribution < 1.29 is 14.4 Å². The van der Waals surface area contributed by atoms with Crippen LogP contribution < -0.4 is 15.0 Å². The topological polar surface area (TPSA) is 42.8 Å². The molecular weight excluding hydrogens is 356 g/mol. The minimum absolute atomic E-state index is 0.0764. The molecule has 5 heteroatoms. The summed E-state index contributed by atoms with van der Waals surface area (Å²) in [5, 5.41) is 3.02. The van der Waals surface area contributed by atoms with E-state index in [0.29, 0.717) is 12.1 Å². The Kier molecular flexibility index (Phi) is 6.19. The highest BCUT2D eigenvalue weighted by Gasteiger charge is 2.22. The quantitative estimate of drug-likeness (QED) is 0.809. The Bertz CT molecular complexity index is 674. The number of halogens is 1. The molecule has 0 heterocycles. The van der Waals surface area contributed by atoms with E-state index < -0.39 is 0 Å². The van der Waals surface area contributed by atoms with Gasteiger partial charge in [0.25, 0.3) is 5.91 Å². The first kappa shape index (κ1) is 17.5. The number of benzene rings is 2. The van der Waals surface area contributed by atoms with E-state index in [1.165, 1.54) is 4.90 Å². The molecule has 0 saturated carbocycles. The summed E-state index contributed by atoms with van der Waals surface area (Å²) >= 11 is 3.39. The Morgan fingerprint density at radius 2 is 1.96 bits per heavy atom. The first-order valence-corrected chi connectivity index (χ1v) is 8.29. The molecule has 2 aromatic rings. The van der Waals surface area contributed by atoms with E-state index >= 15 is 0 Å². The number of para-hydroxylation sites is 1. The number of amides is 1. The Morgan fingerprint density at radius 3 is 2.61 bits per heavy atom. The average Bonchev–Trinajstić information content (AvgIpc) is 2.55. The van der Waals surface area contributed by atoms with E-state index in [2.05, 4.69) is 35.3 Å². The minimum Gasteiger partial charge on any atom is -0.496 e. The number of hydrogen-bond donors (Lipinski definition) is 2. The molecule has 23 heavy (non-hydrogen) atoms. The summed E-state index contributed by atoms with van der Waals surface area (Å²) in [7, 11) is 5.81. The molecule has 1 amide bonds. The van der Waals surface area contributed by atoms with Crippen molar-refractivity contribution in [3.8, 4) is 5.75 Å². The van der Waals surface area contributed by atoms with Gasteiger partial charge >= 0.3 is 0 Å². The van der Waals surface area contributed by atoms with Crippen LogP contribution in [0.2, 0.25) is 0 Å². The molecule has 122 valence electrons. The van der Waals surface area contributed by atoms with Gasteiger partial charge in [-0.25, -0.2) is 0 Å². The third-order valence-corrected chi connectivity index (χ3v) is 4.26. The number of hydrogen-bond acceptors (Lipinski definition) is 2. The van der Waals surface area contributed by atoms with E-state index in [-0.39, 0.29) is 11.9 Å². The van der Waals surface area contributed by atoms with Gasteiger partial charge in [-0.3, -0.25) is 4.79 Å². The van der Waals surface area contributed by atoms with Gasteiger partial charge in [-0.2, -0.15) is 0 Å². The predicted octanol–water partition coefficient (Wildman–Crippen LogP) is 2.07. The molecule has 2 rings (SSSR count). The van der Waals surface area contributed by atoms with Gasteiger partial charge in [0.15, 0.2) is 0 Å². The smallest absolute Gasteiger partial charge is 0.251 e. The van der Waals surface area contributed by atoms with Gasteiger partial charge in [0, 0.05) is 10.0 Å². The molecule has 0 saturated heterocycles. The van der Waals surface area contributed by atoms with E-state index in [4.69, 9.17) is 4.74 Å². The molecule has 0 aliphatic heterocycles. The summed E-state index contributed by atoms with van der Waals surface area (Å²) in [5.74, 6) is 0.767. The largest absolute Gasteiger partial charge is 0.496 e. The Hall–Kier alpha value is -1.85. The van der Waals surface area contributed by atoms with Gasteiger partial charge in [-0.1, -0.05) is 34.1 Å². The minimum atomic E-state index is -0.0764. The second-order valence-electron chi connectivity index (χ2n) is 5.59. The number of carbonyl (C=O) groups is 1. The van der Waals surface area contributed by atoms with Crippen LogP contribution in [0, 0.1) is 0 Å². The lowest BCUT2D eigenvalue weighted by Crippen LogP contribution is -3.07. The summed E-state index contributed by atoms with van der Waals surface area (Å²) in [6.07, 6.45) is 0. The van der Waals surface area contributed by atoms with Gasteiger partial charge in [0.1, 0.15) is 11.8 Å². The number of ether oxygens (including phenoxy) is 1. The lowest BCUT2D eigenvalue weighted by atomic mass is 10.0. The van der Waals surface area contributed by atoms with E-state index in [1.54, 1.807) is 13.2 Å². The first-order valence-electron chi connectivity index (χ1n) is 7.49. The SMILES string of the molecule is COc1ccccc1[C@H](CNC(=O)c1cccc(Br)c1)[NH+](C)C. The van der Waals surface area contributed by atoms with Crippen molar-refractivity contribution >= 4 is 21.8 Å². The maximum absolute atomic E-state index is 12.3. The van der Waals surface area contributed by atoms with Crippen molar-refractivity contribution in [1.82, 2.24) is 5.32 Å². The summed E-state index contributed by atoms with van der Waals surface area (Å²) in [6.45, 7) is 0.536. The van der Waals surface area contributed by atoms with Crippen LogP contribution in [0.25, 0.3) is 0 Å². The molecule has 0 bridgehead atoms. The fourth-order valence-corrected chi connectivity index (χ4v) is 2.91. The van der Waals surface area contributed by atoms with Crippen LogP contribution in [0.4, 0.5) is 0 Å². The van der Waals surface area contributed by atoms with Crippen LogP contribution in [-0.2, 0) is 0 Å². The predicted molar refractivity (Wildman–Crippen MR) is 95.0 cm³/mol. The van der Waals surface area contributed by atoms with Gasteiger partial charge < -0.3 is 15.0 Å². The zero-order chi connectivity index (χ0) is 16.8. The van der Waals surface area contributed by atoms with Crippen LogP contribution in [0.3, 0.4) is 0 Å². The van der Waals surface area contributed by atoms with Crippen LogP contribution in [0.5, 0.6) is 5.75 Å². The molecule has 0 fully saturated rings.